The summed E-state index contributed by atoms with van der Waals surface area (Å²) in [5, 5.41) is 0.102. The van der Waals surface area contributed by atoms with E-state index in [2.05, 4.69) is 20.9 Å². The van der Waals surface area contributed by atoms with Crippen molar-refractivity contribution in [3.05, 3.63) is 40.0 Å². The van der Waals surface area contributed by atoms with Crippen LogP contribution in [0.1, 0.15) is 0 Å². The highest BCUT2D eigenvalue weighted by Gasteiger charge is 2.10. The quantitative estimate of drug-likeness (QED) is 0.783. The second kappa shape index (κ2) is 3.94. The van der Waals surface area contributed by atoms with Crippen LogP contribution >= 0.6 is 27.5 Å². The zero-order valence-electron chi connectivity index (χ0n) is 7.84. The maximum Gasteiger partial charge on any atom is 0.141 e. The molecular formula is C10H7BrClFN2. The molecule has 0 aliphatic heterocycles. The number of hydrogen-bond acceptors (Lipinski definition) is 1. The molecule has 1 heterocycles. The lowest BCUT2D eigenvalue weighted by Crippen LogP contribution is -1.85. The summed E-state index contributed by atoms with van der Waals surface area (Å²) in [5.41, 5.74) is 1.54. The molecule has 0 N–H and O–H groups in total. The summed E-state index contributed by atoms with van der Waals surface area (Å²) in [4.78, 5) is 4.19. The van der Waals surface area contributed by atoms with Crippen LogP contribution in [0.25, 0.3) is 11.3 Å². The molecule has 2 aromatic rings. The number of nitrogens with zero attached hydrogens (tertiary/aromatic N) is 2. The fraction of sp³-hybridized carbons (Fsp3) is 0.100. The van der Waals surface area contributed by atoms with Gasteiger partial charge in [-0.3, -0.25) is 0 Å². The molecule has 1 aromatic heterocycles. The molecule has 0 amide bonds. The van der Waals surface area contributed by atoms with E-state index in [1.54, 1.807) is 18.5 Å². The zero-order valence-corrected chi connectivity index (χ0v) is 10.2. The minimum atomic E-state index is -0.424. The Morgan fingerprint density at radius 1 is 1.47 bits per heavy atom. The maximum absolute atomic E-state index is 13.0. The summed E-state index contributed by atoms with van der Waals surface area (Å²) in [6.45, 7) is 0. The van der Waals surface area contributed by atoms with Gasteiger partial charge in [-0.05, 0) is 34.1 Å². The van der Waals surface area contributed by atoms with Crippen molar-refractivity contribution in [3.63, 3.8) is 0 Å². The fourth-order valence-corrected chi connectivity index (χ4v) is 1.86. The van der Waals surface area contributed by atoms with Crippen molar-refractivity contribution in [1.29, 1.82) is 0 Å². The van der Waals surface area contributed by atoms with Crippen LogP contribution in [0.4, 0.5) is 4.39 Å². The first-order chi connectivity index (χ1) is 7.09. The molecule has 0 aliphatic carbocycles. The van der Waals surface area contributed by atoms with Crippen molar-refractivity contribution in [3.8, 4) is 11.3 Å². The van der Waals surface area contributed by atoms with Gasteiger partial charge in [0.15, 0.2) is 0 Å². The van der Waals surface area contributed by atoms with E-state index < -0.39 is 5.82 Å². The van der Waals surface area contributed by atoms with Gasteiger partial charge in [0.05, 0.1) is 11.3 Å². The van der Waals surface area contributed by atoms with Crippen molar-refractivity contribution < 1.29 is 4.39 Å². The molecule has 0 spiro atoms. The van der Waals surface area contributed by atoms with Crippen molar-refractivity contribution in [2.24, 2.45) is 7.05 Å². The van der Waals surface area contributed by atoms with Crippen molar-refractivity contribution in [1.82, 2.24) is 9.55 Å². The monoisotopic (exact) mass is 288 g/mol. The van der Waals surface area contributed by atoms with Gasteiger partial charge in [0.25, 0.3) is 0 Å². The third-order valence-corrected chi connectivity index (χ3v) is 3.28. The first-order valence-electron chi connectivity index (χ1n) is 4.22. The van der Waals surface area contributed by atoms with Crippen LogP contribution in [0.15, 0.2) is 29.1 Å². The van der Waals surface area contributed by atoms with Crippen molar-refractivity contribution in [2.45, 2.75) is 0 Å². The molecule has 2 nitrogen and oxygen atoms in total. The second-order valence-electron chi connectivity index (χ2n) is 3.12. The predicted molar refractivity (Wildman–Crippen MR) is 61.3 cm³/mol. The van der Waals surface area contributed by atoms with Crippen molar-refractivity contribution in [2.75, 3.05) is 0 Å². The van der Waals surface area contributed by atoms with E-state index >= 15 is 0 Å². The van der Waals surface area contributed by atoms with Gasteiger partial charge in [-0.2, -0.15) is 0 Å². The summed E-state index contributed by atoms with van der Waals surface area (Å²) in [6, 6.07) is 4.54. The number of imidazole rings is 1. The molecule has 15 heavy (non-hydrogen) atoms. The minimum absolute atomic E-state index is 0.102. The molecule has 0 saturated heterocycles. The van der Waals surface area contributed by atoms with Gasteiger partial charge in [0, 0.05) is 12.6 Å². The smallest absolute Gasteiger partial charge is 0.141 e. The van der Waals surface area contributed by atoms with Crippen molar-refractivity contribution >= 4 is 27.5 Å². The maximum atomic E-state index is 13.0. The lowest BCUT2D eigenvalue weighted by atomic mass is 10.2. The zero-order chi connectivity index (χ0) is 11.0. The highest BCUT2D eigenvalue weighted by molar-refractivity contribution is 9.10. The molecule has 0 aliphatic rings. The Balaban J connectivity index is 2.55. The van der Waals surface area contributed by atoms with Crippen LogP contribution in [0.5, 0.6) is 0 Å². The molecule has 0 unspecified atom stereocenters. The first kappa shape index (κ1) is 10.6. The van der Waals surface area contributed by atoms with Crippen LogP contribution in [-0.2, 0) is 7.05 Å². The van der Waals surface area contributed by atoms with Crippen LogP contribution in [0.3, 0.4) is 0 Å². The minimum Gasteiger partial charge on any atom is -0.328 e. The van der Waals surface area contributed by atoms with Crippen LogP contribution in [-0.4, -0.2) is 9.55 Å². The Morgan fingerprint density at radius 3 is 2.73 bits per heavy atom. The normalized spacial score (nSPS) is 10.7. The first-order valence-corrected chi connectivity index (χ1v) is 5.39. The van der Waals surface area contributed by atoms with Gasteiger partial charge in [0.2, 0.25) is 0 Å². The van der Waals surface area contributed by atoms with E-state index in [0.717, 1.165) is 15.9 Å². The molecular weight excluding hydrogens is 282 g/mol. The topological polar surface area (TPSA) is 17.8 Å². The Hall–Kier alpha value is -0.870. The highest BCUT2D eigenvalue weighted by Crippen LogP contribution is 2.28. The summed E-state index contributed by atoms with van der Waals surface area (Å²) >= 11 is 9.09. The van der Waals surface area contributed by atoms with Gasteiger partial charge in [0.1, 0.15) is 16.1 Å². The molecule has 0 atom stereocenters. The van der Waals surface area contributed by atoms with Gasteiger partial charge >= 0.3 is 0 Å². The third kappa shape index (κ3) is 1.92. The largest absolute Gasteiger partial charge is 0.328 e. The molecule has 0 fully saturated rings. The molecule has 0 radical (unpaired) electrons. The van der Waals surface area contributed by atoms with Gasteiger partial charge < -0.3 is 4.57 Å². The molecule has 78 valence electrons. The third-order valence-electron chi connectivity index (χ3n) is 2.06. The standard InChI is InChI=1S/C10H7BrClFN2/c1-15-5-14-9(10(15)11)6-2-3-8(13)7(12)4-6/h2-5H,1H3. The van der Waals surface area contributed by atoms with Gasteiger partial charge in [-0.25, -0.2) is 9.37 Å². The fourth-order valence-electron chi connectivity index (χ4n) is 1.25. The predicted octanol–water partition coefficient (Wildman–Crippen LogP) is 3.64. The van der Waals surface area contributed by atoms with Crippen LogP contribution in [0.2, 0.25) is 5.02 Å². The molecule has 1 aromatic carbocycles. The van der Waals surface area contributed by atoms with Crippen LogP contribution < -0.4 is 0 Å². The molecule has 5 heteroatoms. The number of hydrogen-bond donors (Lipinski definition) is 0. The number of rotatable bonds is 1. The van der Waals surface area contributed by atoms with E-state index in [1.165, 1.54) is 6.07 Å². The van der Waals surface area contributed by atoms with E-state index in [-0.39, 0.29) is 5.02 Å². The average Bonchev–Trinajstić information content (AvgIpc) is 2.53. The summed E-state index contributed by atoms with van der Waals surface area (Å²) in [6.07, 6.45) is 1.68. The summed E-state index contributed by atoms with van der Waals surface area (Å²) < 4.78 is 15.6. The summed E-state index contributed by atoms with van der Waals surface area (Å²) in [7, 11) is 1.87. The lowest BCUT2D eigenvalue weighted by molar-refractivity contribution is 0.628. The van der Waals surface area contributed by atoms with Crippen LogP contribution in [0, 0.1) is 5.82 Å². The number of benzene rings is 1. The Bertz CT molecular complexity index is 510. The number of halogens is 3. The highest BCUT2D eigenvalue weighted by atomic mass is 79.9. The van der Waals surface area contributed by atoms with E-state index in [0.29, 0.717) is 0 Å². The Kier molecular flexibility index (Phi) is 2.80. The molecule has 0 saturated carbocycles. The average molecular weight is 290 g/mol. The number of aryl methyl sites for hydroxylation is 1. The van der Waals surface area contributed by atoms with E-state index in [9.17, 15) is 4.39 Å². The molecule has 2 rings (SSSR count). The lowest BCUT2D eigenvalue weighted by Gasteiger charge is -2.00. The SMILES string of the molecule is Cn1cnc(-c2ccc(F)c(Cl)c2)c1Br. The van der Waals surface area contributed by atoms with Gasteiger partial charge in [-0.1, -0.05) is 11.6 Å². The van der Waals surface area contributed by atoms with E-state index in [1.807, 2.05) is 11.6 Å². The summed E-state index contributed by atoms with van der Waals surface area (Å²) in [5.74, 6) is -0.424. The number of aromatic nitrogens is 2. The Labute approximate surface area is 99.8 Å². The Morgan fingerprint density at radius 2 is 2.20 bits per heavy atom. The molecule has 0 bridgehead atoms. The van der Waals surface area contributed by atoms with Gasteiger partial charge in [-0.15, -0.1) is 0 Å². The van der Waals surface area contributed by atoms with E-state index in [4.69, 9.17) is 11.6 Å². The second-order valence-corrected chi connectivity index (χ2v) is 4.28.